The normalized spacial score (nSPS) is 21.0. The summed E-state index contributed by atoms with van der Waals surface area (Å²) in [6, 6.07) is 5.64. The van der Waals surface area contributed by atoms with E-state index in [0.29, 0.717) is 23.7 Å². The monoisotopic (exact) mass is 304 g/mol. The Morgan fingerprint density at radius 2 is 2.32 bits per heavy atom. The molecular formula is C17H24N2O3. The summed E-state index contributed by atoms with van der Waals surface area (Å²) in [4.78, 5) is 12.4. The molecule has 0 saturated carbocycles. The first-order valence-corrected chi connectivity index (χ1v) is 7.61. The van der Waals surface area contributed by atoms with E-state index in [4.69, 9.17) is 9.47 Å². The Hall–Kier alpha value is -2.01. The van der Waals surface area contributed by atoms with Gasteiger partial charge in [0.1, 0.15) is 6.61 Å². The van der Waals surface area contributed by atoms with Gasteiger partial charge in [-0.1, -0.05) is 12.7 Å². The maximum absolute atomic E-state index is 12.4. The highest BCUT2D eigenvalue weighted by atomic mass is 16.5. The van der Waals surface area contributed by atoms with Crippen LogP contribution in [0.1, 0.15) is 30.1 Å². The number of piperidine rings is 1. The zero-order chi connectivity index (χ0) is 15.9. The summed E-state index contributed by atoms with van der Waals surface area (Å²) in [7, 11) is 1.56. The molecule has 0 aromatic heterocycles. The predicted octanol–water partition coefficient (Wildman–Crippen LogP) is 2.13. The molecule has 2 unspecified atom stereocenters. The molecule has 5 heteroatoms. The van der Waals surface area contributed by atoms with E-state index in [-0.39, 0.29) is 18.0 Å². The lowest BCUT2D eigenvalue weighted by Crippen LogP contribution is -2.51. The number of benzene rings is 1. The van der Waals surface area contributed by atoms with Crippen molar-refractivity contribution < 1.29 is 14.3 Å². The summed E-state index contributed by atoms with van der Waals surface area (Å²) in [6.07, 6.45) is 3.74. The molecule has 1 aromatic rings. The van der Waals surface area contributed by atoms with E-state index in [1.54, 1.807) is 31.4 Å². The third-order valence-corrected chi connectivity index (χ3v) is 3.86. The number of carbonyl (C=O) groups is 1. The molecule has 5 nitrogen and oxygen atoms in total. The van der Waals surface area contributed by atoms with Gasteiger partial charge in [0.05, 0.1) is 7.11 Å². The highest BCUT2D eigenvalue weighted by Gasteiger charge is 2.23. The number of hydrogen-bond acceptors (Lipinski definition) is 4. The van der Waals surface area contributed by atoms with Crippen molar-refractivity contribution in [2.45, 2.75) is 31.8 Å². The molecule has 22 heavy (non-hydrogen) atoms. The van der Waals surface area contributed by atoms with Crippen LogP contribution in [0.25, 0.3) is 0 Å². The van der Waals surface area contributed by atoms with Crippen LogP contribution in [0, 0.1) is 0 Å². The second kappa shape index (κ2) is 7.84. The van der Waals surface area contributed by atoms with Crippen molar-refractivity contribution in [1.29, 1.82) is 0 Å². The minimum atomic E-state index is -0.0888. The Balaban J connectivity index is 2.07. The number of amides is 1. The zero-order valence-corrected chi connectivity index (χ0v) is 13.2. The molecule has 0 aliphatic carbocycles. The Kier molecular flexibility index (Phi) is 5.83. The van der Waals surface area contributed by atoms with Gasteiger partial charge >= 0.3 is 0 Å². The van der Waals surface area contributed by atoms with Gasteiger partial charge in [0.15, 0.2) is 11.5 Å². The number of rotatable bonds is 6. The first-order valence-electron chi connectivity index (χ1n) is 7.61. The lowest BCUT2D eigenvalue weighted by Gasteiger charge is -2.30. The maximum Gasteiger partial charge on any atom is 0.251 e. The van der Waals surface area contributed by atoms with Gasteiger partial charge in [0.25, 0.3) is 5.91 Å². The fourth-order valence-corrected chi connectivity index (χ4v) is 2.57. The van der Waals surface area contributed by atoms with Gasteiger partial charge in [-0.2, -0.15) is 0 Å². The Morgan fingerprint density at radius 1 is 1.50 bits per heavy atom. The molecule has 1 aliphatic rings. The SMILES string of the molecule is C=CCOc1ccc(C(=O)NC2CCCNC2C)cc1OC. The standard InChI is InChI=1S/C17H24N2O3/c1-4-10-22-15-8-7-13(11-16(15)21-3)17(20)19-14-6-5-9-18-12(14)2/h4,7-8,11-12,14,18H,1,5-6,9-10H2,2-3H3,(H,19,20). The van der Waals surface area contributed by atoms with Crippen LogP contribution in [-0.4, -0.2) is 38.3 Å². The quantitative estimate of drug-likeness (QED) is 0.791. The minimum absolute atomic E-state index is 0.0888. The van der Waals surface area contributed by atoms with Crippen LogP contribution in [0.3, 0.4) is 0 Å². The molecule has 2 N–H and O–H groups in total. The van der Waals surface area contributed by atoms with E-state index in [0.717, 1.165) is 19.4 Å². The summed E-state index contributed by atoms with van der Waals surface area (Å²) in [6.45, 7) is 7.11. The van der Waals surface area contributed by atoms with Crippen LogP contribution < -0.4 is 20.1 Å². The van der Waals surface area contributed by atoms with Crippen LogP contribution in [0.4, 0.5) is 0 Å². The smallest absolute Gasteiger partial charge is 0.251 e. The Labute approximate surface area is 131 Å². The summed E-state index contributed by atoms with van der Waals surface area (Å²) in [5.74, 6) is 1.06. The molecule has 1 fully saturated rings. The number of carbonyl (C=O) groups excluding carboxylic acids is 1. The predicted molar refractivity (Wildman–Crippen MR) is 86.6 cm³/mol. The lowest BCUT2D eigenvalue weighted by molar-refractivity contribution is 0.0919. The van der Waals surface area contributed by atoms with Gasteiger partial charge in [-0.25, -0.2) is 0 Å². The molecule has 1 amide bonds. The van der Waals surface area contributed by atoms with E-state index in [2.05, 4.69) is 24.1 Å². The van der Waals surface area contributed by atoms with Crippen LogP contribution >= 0.6 is 0 Å². The molecule has 2 rings (SSSR count). The first kappa shape index (κ1) is 16.4. The molecule has 1 aromatic carbocycles. The van der Waals surface area contributed by atoms with Crippen molar-refractivity contribution in [3.05, 3.63) is 36.4 Å². The zero-order valence-electron chi connectivity index (χ0n) is 13.2. The highest BCUT2D eigenvalue weighted by Crippen LogP contribution is 2.28. The summed E-state index contributed by atoms with van der Waals surface area (Å²) >= 11 is 0. The number of hydrogen-bond donors (Lipinski definition) is 2. The summed E-state index contributed by atoms with van der Waals surface area (Å²) in [5.41, 5.74) is 0.570. The van der Waals surface area contributed by atoms with Crippen LogP contribution in [0.15, 0.2) is 30.9 Å². The molecule has 0 radical (unpaired) electrons. The second-order valence-electron chi connectivity index (χ2n) is 5.43. The van der Waals surface area contributed by atoms with Crippen molar-refractivity contribution in [3.8, 4) is 11.5 Å². The van der Waals surface area contributed by atoms with E-state index in [1.807, 2.05) is 0 Å². The Bertz CT molecular complexity index is 531. The fourth-order valence-electron chi connectivity index (χ4n) is 2.57. The molecule has 1 aliphatic heterocycles. The molecule has 2 atom stereocenters. The third kappa shape index (κ3) is 4.01. The topological polar surface area (TPSA) is 59.6 Å². The third-order valence-electron chi connectivity index (χ3n) is 3.86. The number of nitrogens with one attached hydrogen (secondary N) is 2. The molecule has 0 bridgehead atoms. The summed E-state index contributed by atoms with van der Waals surface area (Å²) < 4.78 is 10.8. The van der Waals surface area contributed by atoms with Crippen molar-refractivity contribution in [2.24, 2.45) is 0 Å². The number of methoxy groups -OCH3 is 1. The molecule has 1 heterocycles. The van der Waals surface area contributed by atoms with Gasteiger partial charge in [-0.15, -0.1) is 0 Å². The van der Waals surface area contributed by atoms with Crippen LogP contribution in [0.5, 0.6) is 11.5 Å². The van der Waals surface area contributed by atoms with Gasteiger partial charge in [-0.05, 0) is 44.5 Å². The average molecular weight is 304 g/mol. The molecule has 1 saturated heterocycles. The van der Waals surface area contributed by atoms with Crippen molar-refractivity contribution in [3.63, 3.8) is 0 Å². The van der Waals surface area contributed by atoms with Crippen molar-refractivity contribution >= 4 is 5.91 Å². The second-order valence-corrected chi connectivity index (χ2v) is 5.43. The lowest BCUT2D eigenvalue weighted by atomic mass is 9.99. The van der Waals surface area contributed by atoms with Crippen molar-refractivity contribution in [2.75, 3.05) is 20.3 Å². The number of ether oxygens (including phenoxy) is 2. The molecular weight excluding hydrogens is 280 g/mol. The average Bonchev–Trinajstić information content (AvgIpc) is 2.54. The van der Waals surface area contributed by atoms with E-state index in [1.165, 1.54) is 0 Å². The van der Waals surface area contributed by atoms with Crippen LogP contribution in [-0.2, 0) is 0 Å². The van der Waals surface area contributed by atoms with Gasteiger partial charge < -0.3 is 20.1 Å². The first-order chi connectivity index (χ1) is 10.7. The van der Waals surface area contributed by atoms with Gasteiger partial charge in [-0.3, -0.25) is 4.79 Å². The minimum Gasteiger partial charge on any atom is -0.493 e. The van der Waals surface area contributed by atoms with Gasteiger partial charge in [0.2, 0.25) is 0 Å². The highest BCUT2D eigenvalue weighted by molar-refractivity contribution is 5.95. The maximum atomic E-state index is 12.4. The van der Waals surface area contributed by atoms with Crippen LogP contribution in [0.2, 0.25) is 0 Å². The van der Waals surface area contributed by atoms with E-state index >= 15 is 0 Å². The van der Waals surface area contributed by atoms with Crippen molar-refractivity contribution in [1.82, 2.24) is 10.6 Å². The van der Waals surface area contributed by atoms with Gasteiger partial charge in [0, 0.05) is 17.6 Å². The Morgan fingerprint density at radius 3 is 3.00 bits per heavy atom. The molecule has 0 spiro atoms. The molecule has 120 valence electrons. The largest absolute Gasteiger partial charge is 0.493 e. The fraction of sp³-hybridized carbons (Fsp3) is 0.471. The van der Waals surface area contributed by atoms with E-state index < -0.39 is 0 Å². The van der Waals surface area contributed by atoms with E-state index in [9.17, 15) is 4.79 Å². The summed E-state index contributed by atoms with van der Waals surface area (Å²) in [5, 5.41) is 6.46.